The first kappa shape index (κ1) is 27.8. The summed E-state index contributed by atoms with van der Waals surface area (Å²) in [6.45, 7) is 0.522. The maximum absolute atomic E-state index is 12.2. The van der Waals surface area contributed by atoms with Crippen LogP contribution < -0.4 is 25.8 Å². The van der Waals surface area contributed by atoms with Crippen LogP contribution in [0.15, 0.2) is 98.6 Å². The van der Waals surface area contributed by atoms with Crippen molar-refractivity contribution in [1.82, 2.24) is 4.58 Å². The Balaban J connectivity index is 1.32. The van der Waals surface area contributed by atoms with Gasteiger partial charge in [0.1, 0.15) is 36.6 Å². The highest BCUT2D eigenvalue weighted by molar-refractivity contribution is 6.02. The van der Waals surface area contributed by atoms with Gasteiger partial charge in [-0.25, -0.2) is 14.2 Å². The van der Waals surface area contributed by atoms with Crippen molar-refractivity contribution >= 4 is 39.3 Å². The van der Waals surface area contributed by atoms with Gasteiger partial charge >= 0.3 is 11.6 Å². The summed E-state index contributed by atoms with van der Waals surface area (Å²) >= 11 is 0. The maximum Gasteiger partial charge on any atom is 0.351 e. The molecule has 2 aliphatic rings. The number of methoxy groups -OCH3 is 1. The summed E-state index contributed by atoms with van der Waals surface area (Å²) in [6, 6.07) is 28.0. The van der Waals surface area contributed by atoms with Gasteiger partial charge in [-0.1, -0.05) is 24.3 Å². The van der Waals surface area contributed by atoms with Crippen molar-refractivity contribution in [3.63, 3.8) is 0 Å². The second-order valence-corrected chi connectivity index (χ2v) is 10.9. The van der Waals surface area contributed by atoms with Crippen LogP contribution in [-0.2, 0) is 11.3 Å². The van der Waals surface area contributed by atoms with Crippen molar-refractivity contribution in [2.45, 2.75) is 6.54 Å². The van der Waals surface area contributed by atoms with E-state index in [-0.39, 0.29) is 5.56 Å². The molecule has 0 atom stereocenters. The van der Waals surface area contributed by atoms with Gasteiger partial charge in [0.25, 0.3) is 0 Å². The Morgan fingerprint density at radius 2 is 1.67 bits per heavy atom. The smallest absolute Gasteiger partial charge is 0.351 e. The molecule has 0 fully saturated rings. The van der Waals surface area contributed by atoms with E-state index in [1.54, 1.807) is 6.07 Å². The largest absolute Gasteiger partial charge is 0.465 e. The van der Waals surface area contributed by atoms with E-state index < -0.39 is 11.6 Å². The summed E-state index contributed by atoms with van der Waals surface area (Å²) in [5.41, 5.74) is 6.60. The van der Waals surface area contributed by atoms with E-state index >= 15 is 0 Å². The number of fused-ring (bicyclic) bond motifs is 3. The van der Waals surface area contributed by atoms with Gasteiger partial charge in [-0.2, -0.15) is 0 Å². The lowest BCUT2D eigenvalue weighted by Gasteiger charge is -2.18. The number of anilines is 2. The lowest BCUT2D eigenvalue weighted by atomic mass is 9.93. The lowest BCUT2D eigenvalue weighted by molar-refractivity contribution is 0.0596. The van der Waals surface area contributed by atoms with Gasteiger partial charge in [-0.05, 0) is 53.6 Å². The van der Waals surface area contributed by atoms with Crippen molar-refractivity contribution in [2.24, 2.45) is 0 Å². The van der Waals surface area contributed by atoms with Crippen molar-refractivity contribution in [3.8, 4) is 22.5 Å². The minimum absolute atomic E-state index is 0.120. The lowest BCUT2D eigenvalue weighted by Crippen LogP contribution is -2.21. The molecule has 8 nitrogen and oxygen atoms in total. The van der Waals surface area contributed by atoms with Crippen molar-refractivity contribution < 1.29 is 18.4 Å². The molecule has 1 N–H and O–H groups in total. The summed E-state index contributed by atoms with van der Waals surface area (Å²) in [5, 5.41) is 6.22. The third-order valence-corrected chi connectivity index (χ3v) is 7.60. The number of carbonyl (C=O) groups is 1. The normalized spacial score (nSPS) is 11.2. The molecule has 216 valence electrons. The molecule has 2 heterocycles. The van der Waals surface area contributed by atoms with E-state index in [9.17, 15) is 9.59 Å². The maximum atomic E-state index is 12.2. The molecule has 0 saturated heterocycles. The second kappa shape index (κ2) is 11.1. The van der Waals surface area contributed by atoms with Gasteiger partial charge in [0.2, 0.25) is 5.36 Å². The van der Waals surface area contributed by atoms with Crippen LogP contribution in [-0.4, -0.2) is 41.3 Å². The number of hydrogen-bond donors (Lipinski definition) is 1. The van der Waals surface area contributed by atoms with Crippen LogP contribution in [0.5, 0.6) is 0 Å². The van der Waals surface area contributed by atoms with E-state index in [0.29, 0.717) is 17.5 Å². The van der Waals surface area contributed by atoms with Crippen LogP contribution in [0.3, 0.4) is 0 Å². The van der Waals surface area contributed by atoms with E-state index in [2.05, 4.69) is 80.2 Å². The highest BCUT2D eigenvalue weighted by Crippen LogP contribution is 2.41. The monoisotopic (exact) mass is 574 g/mol. The SMILES string of the molecule is COC(=O)c1cc2ccc(CNc3ccc(-c4c5ccc(=[N+](C)C)cc-5oc5cc(N(C)C)ccc45)cc3)cc2oc1=O. The zero-order chi connectivity index (χ0) is 30.2. The Labute approximate surface area is 248 Å². The first-order valence-corrected chi connectivity index (χ1v) is 13.9. The fourth-order valence-electron chi connectivity index (χ4n) is 5.21. The van der Waals surface area contributed by atoms with Crippen LogP contribution >= 0.6 is 0 Å². The standard InChI is InChI=1S/C35H31N3O5/c1-37(2)25-12-14-27-31(18-25)42-32-19-26(38(3)4)13-15-28(32)33(27)22-8-10-24(11-9-22)36-20-21-6-7-23-17-29(34(39)41-5)35(40)43-30(23)16-21/h6-19H,20H2,1-5H3/p+1. The van der Waals surface area contributed by atoms with E-state index in [0.717, 1.165) is 55.7 Å². The number of benzene rings is 4. The van der Waals surface area contributed by atoms with Crippen LogP contribution in [0.1, 0.15) is 15.9 Å². The van der Waals surface area contributed by atoms with Gasteiger partial charge in [0.05, 0.1) is 13.2 Å². The molecule has 0 amide bonds. The summed E-state index contributed by atoms with van der Waals surface area (Å²) in [6.07, 6.45) is 0. The molecule has 3 aromatic carbocycles. The minimum Gasteiger partial charge on any atom is -0.465 e. The Morgan fingerprint density at radius 1 is 0.884 bits per heavy atom. The number of ether oxygens (including phenoxy) is 1. The van der Waals surface area contributed by atoms with E-state index in [4.69, 9.17) is 8.83 Å². The van der Waals surface area contributed by atoms with Gasteiger partial charge < -0.3 is 23.8 Å². The van der Waals surface area contributed by atoms with Gasteiger partial charge in [-0.15, -0.1) is 0 Å². The zero-order valence-corrected chi connectivity index (χ0v) is 24.7. The van der Waals surface area contributed by atoms with Crippen LogP contribution in [0.4, 0.5) is 11.4 Å². The molecule has 8 heteroatoms. The van der Waals surface area contributed by atoms with Gasteiger partial charge in [0, 0.05) is 66.0 Å². The second-order valence-electron chi connectivity index (χ2n) is 10.9. The average molecular weight is 575 g/mol. The zero-order valence-electron chi connectivity index (χ0n) is 24.7. The quantitative estimate of drug-likeness (QED) is 0.116. The molecule has 1 aromatic heterocycles. The highest BCUT2D eigenvalue weighted by Gasteiger charge is 2.19. The molecule has 0 radical (unpaired) electrons. The first-order valence-electron chi connectivity index (χ1n) is 13.9. The molecule has 0 unspecified atom stereocenters. The molecule has 0 saturated carbocycles. The molecular formula is C35H32N3O5+. The van der Waals surface area contributed by atoms with Crippen molar-refractivity contribution in [3.05, 3.63) is 112 Å². The Bertz CT molecular complexity index is 2100. The molecule has 1 aliphatic carbocycles. The molecule has 4 aromatic rings. The van der Waals surface area contributed by atoms with E-state index in [1.165, 1.54) is 13.2 Å². The third-order valence-electron chi connectivity index (χ3n) is 7.60. The minimum atomic E-state index is -0.718. The van der Waals surface area contributed by atoms with Gasteiger partial charge in [-0.3, -0.25) is 0 Å². The fourth-order valence-corrected chi connectivity index (χ4v) is 5.21. The number of esters is 1. The predicted octanol–water partition coefficient (Wildman–Crippen LogP) is 5.81. The number of hydrogen-bond acceptors (Lipinski definition) is 7. The first-order chi connectivity index (χ1) is 20.7. The molecule has 1 aliphatic heterocycles. The summed E-state index contributed by atoms with van der Waals surface area (Å²) in [5.74, 6) is 0.112. The Hall–Kier alpha value is -5.37. The summed E-state index contributed by atoms with van der Waals surface area (Å²) in [7, 11) is 9.32. The molecule has 0 spiro atoms. The summed E-state index contributed by atoms with van der Waals surface area (Å²) in [4.78, 5) is 26.1. The fraction of sp³-hybridized carbons (Fsp3) is 0.171. The summed E-state index contributed by atoms with van der Waals surface area (Å²) < 4.78 is 18.6. The molecular weight excluding hydrogens is 542 g/mol. The number of carbonyl (C=O) groups excluding carboxylic acids is 1. The van der Waals surface area contributed by atoms with Crippen LogP contribution in [0.25, 0.3) is 44.4 Å². The molecule has 0 bridgehead atoms. The van der Waals surface area contributed by atoms with Crippen molar-refractivity contribution in [1.29, 1.82) is 0 Å². The molecule has 6 rings (SSSR count). The number of rotatable bonds is 6. The highest BCUT2D eigenvalue weighted by atomic mass is 16.5. The predicted molar refractivity (Wildman–Crippen MR) is 171 cm³/mol. The van der Waals surface area contributed by atoms with Crippen LogP contribution in [0.2, 0.25) is 0 Å². The number of nitrogens with one attached hydrogen (secondary N) is 1. The average Bonchev–Trinajstić information content (AvgIpc) is 3.01. The number of nitrogens with zero attached hydrogens (tertiary/aromatic N) is 2. The topological polar surface area (TPSA) is 87.9 Å². The molecule has 43 heavy (non-hydrogen) atoms. The van der Waals surface area contributed by atoms with E-state index in [1.807, 2.05) is 40.3 Å². The Kier molecular flexibility index (Phi) is 7.19. The third kappa shape index (κ3) is 5.35. The Morgan fingerprint density at radius 3 is 2.40 bits per heavy atom. The van der Waals surface area contributed by atoms with Crippen molar-refractivity contribution in [2.75, 3.05) is 45.5 Å². The van der Waals surface area contributed by atoms with Crippen LogP contribution in [0, 0.1) is 0 Å². The van der Waals surface area contributed by atoms with Gasteiger partial charge in [0.15, 0.2) is 0 Å².